The maximum atomic E-state index is 12.3. The summed E-state index contributed by atoms with van der Waals surface area (Å²) in [7, 11) is 0. The molecular weight excluding hydrogens is 216 g/mol. The minimum atomic E-state index is -0.549. The number of carbonyl (C=O) groups is 1. The highest BCUT2D eigenvalue weighted by molar-refractivity contribution is 5.83. The monoisotopic (exact) mass is 240 g/mol. The molecule has 4 heteroatoms. The van der Waals surface area contributed by atoms with Gasteiger partial charge in [-0.15, -0.1) is 0 Å². The predicted octanol–water partition coefficient (Wildman–Crippen LogP) is 1.05. The van der Waals surface area contributed by atoms with E-state index in [1.165, 1.54) is 25.7 Å². The molecule has 1 heterocycles. The molecule has 0 aromatic carbocycles. The van der Waals surface area contributed by atoms with E-state index >= 15 is 0 Å². The molecule has 2 rings (SSSR count). The highest BCUT2D eigenvalue weighted by atomic mass is 16.5. The molecule has 1 amide bonds. The van der Waals surface area contributed by atoms with Gasteiger partial charge in [0, 0.05) is 12.1 Å². The SMILES string of the molecule is CC(NC(=O)C1(C)COCC1N)C1CCCC1. The number of carbonyl (C=O) groups excluding carboxylic acids is 1. The Labute approximate surface area is 103 Å². The summed E-state index contributed by atoms with van der Waals surface area (Å²) in [5.41, 5.74) is 5.41. The second-order valence-corrected chi connectivity index (χ2v) is 5.85. The van der Waals surface area contributed by atoms with E-state index in [0.717, 1.165) is 0 Å². The minimum Gasteiger partial charge on any atom is -0.379 e. The van der Waals surface area contributed by atoms with Crippen LogP contribution < -0.4 is 11.1 Å². The molecular formula is C13H24N2O2. The molecule has 2 fully saturated rings. The molecule has 4 nitrogen and oxygen atoms in total. The number of rotatable bonds is 3. The first kappa shape index (κ1) is 12.8. The van der Waals surface area contributed by atoms with E-state index in [-0.39, 0.29) is 18.0 Å². The lowest BCUT2D eigenvalue weighted by Gasteiger charge is -2.29. The van der Waals surface area contributed by atoms with Crippen LogP contribution in [-0.4, -0.2) is 31.2 Å². The Hall–Kier alpha value is -0.610. The highest BCUT2D eigenvalue weighted by Gasteiger charge is 2.45. The van der Waals surface area contributed by atoms with Crippen molar-refractivity contribution in [3.05, 3.63) is 0 Å². The number of nitrogens with two attached hydrogens (primary N) is 1. The smallest absolute Gasteiger partial charge is 0.230 e. The fourth-order valence-corrected chi connectivity index (χ4v) is 2.87. The van der Waals surface area contributed by atoms with Crippen LogP contribution >= 0.6 is 0 Å². The normalized spacial score (nSPS) is 36.1. The molecule has 98 valence electrons. The molecule has 0 aromatic heterocycles. The lowest BCUT2D eigenvalue weighted by Crippen LogP contribution is -2.52. The van der Waals surface area contributed by atoms with E-state index in [9.17, 15) is 4.79 Å². The second kappa shape index (κ2) is 4.94. The maximum Gasteiger partial charge on any atom is 0.230 e. The van der Waals surface area contributed by atoms with Crippen LogP contribution in [0.2, 0.25) is 0 Å². The average Bonchev–Trinajstić information content (AvgIpc) is 2.90. The molecule has 3 unspecified atom stereocenters. The average molecular weight is 240 g/mol. The topological polar surface area (TPSA) is 64.3 Å². The van der Waals surface area contributed by atoms with Crippen molar-refractivity contribution in [1.29, 1.82) is 0 Å². The molecule has 0 aromatic rings. The van der Waals surface area contributed by atoms with Crippen LogP contribution in [0.1, 0.15) is 39.5 Å². The van der Waals surface area contributed by atoms with Gasteiger partial charge in [-0.2, -0.15) is 0 Å². The van der Waals surface area contributed by atoms with E-state index in [0.29, 0.717) is 19.1 Å². The van der Waals surface area contributed by atoms with Crippen LogP contribution in [0, 0.1) is 11.3 Å². The van der Waals surface area contributed by atoms with E-state index in [1.54, 1.807) is 0 Å². The standard InChI is InChI=1S/C13H24N2O2/c1-9(10-5-3-4-6-10)15-12(16)13(2)8-17-7-11(13)14/h9-11H,3-8,14H2,1-2H3,(H,15,16). The van der Waals surface area contributed by atoms with Crippen molar-refractivity contribution in [3.8, 4) is 0 Å². The van der Waals surface area contributed by atoms with Crippen molar-refractivity contribution in [2.75, 3.05) is 13.2 Å². The summed E-state index contributed by atoms with van der Waals surface area (Å²) >= 11 is 0. The summed E-state index contributed by atoms with van der Waals surface area (Å²) < 4.78 is 5.31. The van der Waals surface area contributed by atoms with Gasteiger partial charge in [-0.05, 0) is 32.6 Å². The third-order valence-electron chi connectivity index (χ3n) is 4.50. The molecule has 2 aliphatic rings. The molecule has 1 saturated heterocycles. The van der Waals surface area contributed by atoms with Crippen molar-refractivity contribution in [2.45, 2.75) is 51.6 Å². The van der Waals surface area contributed by atoms with Gasteiger partial charge in [-0.25, -0.2) is 0 Å². The Morgan fingerprint density at radius 2 is 2.12 bits per heavy atom. The number of amides is 1. The van der Waals surface area contributed by atoms with Gasteiger partial charge in [0.25, 0.3) is 0 Å². The van der Waals surface area contributed by atoms with Crippen molar-refractivity contribution >= 4 is 5.91 Å². The highest BCUT2D eigenvalue weighted by Crippen LogP contribution is 2.30. The van der Waals surface area contributed by atoms with Gasteiger partial charge in [0.2, 0.25) is 5.91 Å². The van der Waals surface area contributed by atoms with Gasteiger partial charge in [0.15, 0.2) is 0 Å². The summed E-state index contributed by atoms with van der Waals surface area (Å²) in [6.07, 6.45) is 5.07. The van der Waals surface area contributed by atoms with E-state index in [1.807, 2.05) is 6.92 Å². The molecule has 0 spiro atoms. The van der Waals surface area contributed by atoms with E-state index in [2.05, 4.69) is 12.2 Å². The first-order valence-corrected chi connectivity index (χ1v) is 6.68. The molecule has 1 aliphatic heterocycles. The molecule has 3 atom stereocenters. The van der Waals surface area contributed by atoms with Gasteiger partial charge >= 0.3 is 0 Å². The number of hydrogen-bond donors (Lipinski definition) is 2. The minimum absolute atomic E-state index is 0.0573. The van der Waals surface area contributed by atoms with Crippen LogP contribution in [0.3, 0.4) is 0 Å². The molecule has 0 bridgehead atoms. The predicted molar refractivity (Wildman–Crippen MR) is 66.5 cm³/mol. The number of ether oxygens (including phenoxy) is 1. The van der Waals surface area contributed by atoms with Crippen LogP contribution in [0.5, 0.6) is 0 Å². The lowest BCUT2D eigenvalue weighted by molar-refractivity contribution is -0.131. The zero-order chi connectivity index (χ0) is 12.5. The summed E-state index contributed by atoms with van der Waals surface area (Å²) in [4.78, 5) is 12.3. The molecule has 1 aliphatic carbocycles. The van der Waals surface area contributed by atoms with E-state index in [4.69, 9.17) is 10.5 Å². The Kier molecular flexibility index (Phi) is 3.73. The summed E-state index contributed by atoms with van der Waals surface area (Å²) in [6.45, 7) is 4.94. The third kappa shape index (κ3) is 2.47. The zero-order valence-electron chi connectivity index (χ0n) is 10.9. The largest absolute Gasteiger partial charge is 0.379 e. The first-order chi connectivity index (χ1) is 8.04. The van der Waals surface area contributed by atoms with Gasteiger partial charge < -0.3 is 15.8 Å². The summed E-state index contributed by atoms with van der Waals surface area (Å²) in [6, 6.07) is 0.0768. The Morgan fingerprint density at radius 3 is 2.65 bits per heavy atom. The molecule has 1 saturated carbocycles. The van der Waals surface area contributed by atoms with Gasteiger partial charge in [-0.3, -0.25) is 4.79 Å². The summed E-state index contributed by atoms with van der Waals surface area (Å²) in [5.74, 6) is 0.697. The fourth-order valence-electron chi connectivity index (χ4n) is 2.87. The molecule has 3 N–H and O–H groups in total. The second-order valence-electron chi connectivity index (χ2n) is 5.85. The number of nitrogens with one attached hydrogen (secondary N) is 1. The Morgan fingerprint density at radius 1 is 1.47 bits per heavy atom. The van der Waals surface area contributed by atoms with Crippen LogP contribution in [0.15, 0.2) is 0 Å². The van der Waals surface area contributed by atoms with Crippen LogP contribution in [-0.2, 0) is 9.53 Å². The van der Waals surface area contributed by atoms with Gasteiger partial charge in [0.05, 0.1) is 18.6 Å². The first-order valence-electron chi connectivity index (χ1n) is 6.68. The zero-order valence-corrected chi connectivity index (χ0v) is 10.9. The number of hydrogen-bond acceptors (Lipinski definition) is 3. The van der Waals surface area contributed by atoms with Crippen molar-refractivity contribution < 1.29 is 9.53 Å². The fraction of sp³-hybridized carbons (Fsp3) is 0.923. The Bertz CT molecular complexity index is 289. The molecule has 0 radical (unpaired) electrons. The van der Waals surface area contributed by atoms with Crippen LogP contribution in [0.25, 0.3) is 0 Å². The van der Waals surface area contributed by atoms with Crippen LogP contribution in [0.4, 0.5) is 0 Å². The van der Waals surface area contributed by atoms with Crippen molar-refractivity contribution in [2.24, 2.45) is 17.1 Å². The third-order valence-corrected chi connectivity index (χ3v) is 4.50. The van der Waals surface area contributed by atoms with Gasteiger partial charge in [-0.1, -0.05) is 12.8 Å². The van der Waals surface area contributed by atoms with Crippen molar-refractivity contribution in [1.82, 2.24) is 5.32 Å². The lowest BCUT2D eigenvalue weighted by atomic mass is 9.84. The Balaban J connectivity index is 1.91. The quantitative estimate of drug-likeness (QED) is 0.775. The van der Waals surface area contributed by atoms with Gasteiger partial charge in [0.1, 0.15) is 0 Å². The maximum absolute atomic E-state index is 12.3. The molecule has 17 heavy (non-hydrogen) atoms. The summed E-state index contributed by atoms with van der Waals surface area (Å²) in [5, 5.41) is 3.14. The van der Waals surface area contributed by atoms with Crippen molar-refractivity contribution in [3.63, 3.8) is 0 Å². The van der Waals surface area contributed by atoms with E-state index < -0.39 is 5.41 Å².